The summed E-state index contributed by atoms with van der Waals surface area (Å²) >= 11 is 0. The first-order chi connectivity index (χ1) is 10.2. The molecule has 0 amide bonds. The maximum Gasteiger partial charge on any atom is 0.500 e. The highest BCUT2D eigenvalue weighted by molar-refractivity contribution is 6.60. The summed E-state index contributed by atoms with van der Waals surface area (Å²) < 4.78 is 16.2. The van der Waals surface area contributed by atoms with E-state index < -0.39 is 8.80 Å². The normalized spacial score (nSPS) is 13.3. The van der Waals surface area contributed by atoms with E-state index in [1.807, 2.05) is 6.07 Å². The Balaban J connectivity index is 2.17. The molecule has 6 heteroatoms. The Labute approximate surface area is 129 Å². The predicted molar refractivity (Wildman–Crippen MR) is 87.0 cm³/mol. The van der Waals surface area contributed by atoms with Gasteiger partial charge >= 0.3 is 8.80 Å². The second-order valence-electron chi connectivity index (χ2n) is 4.94. The van der Waals surface area contributed by atoms with E-state index in [-0.39, 0.29) is 6.17 Å². The SMILES string of the molecule is CO[Si](CCCNC(C)NCc1ccccc1)(OC)OC. The molecule has 0 spiro atoms. The van der Waals surface area contributed by atoms with Gasteiger partial charge in [-0.25, -0.2) is 0 Å². The van der Waals surface area contributed by atoms with Crippen LogP contribution < -0.4 is 10.6 Å². The van der Waals surface area contributed by atoms with Crippen molar-refractivity contribution < 1.29 is 13.3 Å². The minimum absolute atomic E-state index is 0.258. The van der Waals surface area contributed by atoms with Crippen LogP contribution in [0.2, 0.25) is 6.04 Å². The largest absolute Gasteiger partial charge is 0.500 e. The number of rotatable bonds is 11. The van der Waals surface area contributed by atoms with Gasteiger partial charge in [0, 0.05) is 33.9 Å². The highest BCUT2D eigenvalue weighted by atomic mass is 28.4. The average molecular weight is 312 g/mol. The lowest BCUT2D eigenvalue weighted by molar-refractivity contribution is 0.123. The first kappa shape index (κ1) is 18.3. The van der Waals surface area contributed by atoms with Gasteiger partial charge in [0.2, 0.25) is 0 Å². The van der Waals surface area contributed by atoms with E-state index in [9.17, 15) is 0 Å². The summed E-state index contributed by atoms with van der Waals surface area (Å²) in [7, 11) is 2.53. The first-order valence-electron chi connectivity index (χ1n) is 7.32. The molecule has 2 N–H and O–H groups in total. The lowest BCUT2D eigenvalue weighted by Crippen LogP contribution is -2.44. The summed E-state index contributed by atoms with van der Waals surface area (Å²) in [5.74, 6) is 0. The van der Waals surface area contributed by atoms with E-state index in [1.54, 1.807) is 21.3 Å². The molecule has 0 saturated carbocycles. The maximum atomic E-state index is 5.40. The molecule has 0 aliphatic rings. The van der Waals surface area contributed by atoms with Crippen LogP contribution in [-0.4, -0.2) is 42.8 Å². The Bertz CT molecular complexity index is 366. The fourth-order valence-electron chi connectivity index (χ4n) is 2.12. The molecule has 0 saturated heterocycles. The van der Waals surface area contributed by atoms with Crippen LogP contribution >= 0.6 is 0 Å². The quantitative estimate of drug-likeness (QED) is 0.372. The lowest BCUT2D eigenvalue weighted by atomic mass is 10.2. The molecule has 21 heavy (non-hydrogen) atoms. The van der Waals surface area contributed by atoms with Gasteiger partial charge in [0.15, 0.2) is 0 Å². The van der Waals surface area contributed by atoms with Crippen molar-refractivity contribution in [2.24, 2.45) is 0 Å². The van der Waals surface area contributed by atoms with E-state index >= 15 is 0 Å². The maximum absolute atomic E-state index is 5.40. The molecule has 0 aliphatic carbocycles. The van der Waals surface area contributed by atoms with Crippen molar-refractivity contribution in [2.45, 2.75) is 32.1 Å². The van der Waals surface area contributed by atoms with E-state index in [0.29, 0.717) is 0 Å². The Hall–Kier alpha value is -0.763. The fraction of sp³-hybridized carbons (Fsp3) is 0.600. The lowest BCUT2D eigenvalue weighted by Gasteiger charge is -2.24. The van der Waals surface area contributed by atoms with Crippen LogP contribution in [-0.2, 0) is 19.8 Å². The molecule has 0 fully saturated rings. The number of nitrogens with one attached hydrogen (secondary N) is 2. The fourth-order valence-corrected chi connectivity index (χ4v) is 3.84. The number of hydrogen-bond donors (Lipinski definition) is 2. The molecule has 1 aromatic carbocycles. The standard InChI is InChI=1S/C15H28N2O3Si/c1-14(17-13-15-9-6-5-7-10-15)16-11-8-12-21(18-2,19-3)20-4/h5-7,9-10,14,16-17H,8,11-13H2,1-4H3. The monoisotopic (exact) mass is 312 g/mol. The summed E-state index contributed by atoms with van der Waals surface area (Å²) in [6.07, 6.45) is 1.22. The zero-order chi connectivity index (χ0) is 15.6. The van der Waals surface area contributed by atoms with Gasteiger partial charge in [-0.3, -0.25) is 5.32 Å². The summed E-state index contributed by atoms with van der Waals surface area (Å²) in [5.41, 5.74) is 1.29. The zero-order valence-corrected chi connectivity index (χ0v) is 14.5. The highest BCUT2D eigenvalue weighted by Gasteiger charge is 2.36. The van der Waals surface area contributed by atoms with E-state index in [0.717, 1.165) is 25.6 Å². The second-order valence-corrected chi connectivity index (χ2v) is 8.03. The van der Waals surface area contributed by atoms with Crippen molar-refractivity contribution >= 4 is 8.80 Å². The molecule has 1 unspecified atom stereocenters. The van der Waals surface area contributed by atoms with E-state index in [4.69, 9.17) is 13.3 Å². The molecular formula is C15H28N2O3Si. The third-order valence-corrected chi connectivity index (χ3v) is 6.33. The minimum atomic E-state index is -2.42. The molecule has 5 nitrogen and oxygen atoms in total. The molecule has 0 radical (unpaired) electrons. The third kappa shape index (κ3) is 6.69. The topological polar surface area (TPSA) is 51.8 Å². The van der Waals surface area contributed by atoms with Gasteiger partial charge in [0.25, 0.3) is 0 Å². The Kier molecular flexibility index (Phi) is 8.75. The summed E-state index contributed by atoms with van der Waals surface area (Å²) in [6.45, 7) is 3.88. The van der Waals surface area contributed by atoms with Crippen molar-refractivity contribution in [2.75, 3.05) is 27.9 Å². The molecule has 0 bridgehead atoms. The summed E-state index contributed by atoms with van der Waals surface area (Å²) in [4.78, 5) is 0. The van der Waals surface area contributed by atoms with Crippen LogP contribution in [0.3, 0.4) is 0 Å². The smallest absolute Gasteiger partial charge is 0.377 e. The second kappa shape index (κ2) is 10.0. The Morgan fingerprint density at radius 1 is 1.00 bits per heavy atom. The van der Waals surface area contributed by atoms with Crippen LogP contribution in [0.4, 0.5) is 0 Å². The van der Waals surface area contributed by atoms with Crippen molar-refractivity contribution in [3.63, 3.8) is 0 Å². The number of benzene rings is 1. The van der Waals surface area contributed by atoms with Crippen molar-refractivity contribution in [1.29, 1.82) is 0 Å². The van der Waals surface area contributed by atoms with Gasteiger partial charge in [-0.1, -0.05) is 30.3 Å². The molecule has 0 aliphatic heterocycles. The van der Waals surface area contributed by atoms with E-state index in [2.05, 4.69) is 41.8 Å². The van der Waals surface area contributed by atoms with Crippen molar-refractivity contribution in [3.8, 4) is 0 Å². The van der Waals surface area contributed by atoms with Gasteiger partial charge < -0.3 is 18.6 Å². The van der Waals surface area contributed by atoms with Crippen LogP contribution in [0.5, 0.6) is 0 Å². The molecule has 1 rings (SSSR count). The Morgan fingerprint density at radius 3 is 2.19 bits per heavy atom. The molecule has 1 aromatic rings. The molecule has 0 aromatic heterocycles. The predicted octanol–water partition coefficient (Wildman–Crippen LogP) is 1.98. The van der Waals surface area contributed by atoms with Gasteiger partial charge in [-0.05, 0) is 25.5 Å². The summed E-state index contributed by atoms with van der Waals surface area (Å²) in [5, 5.41) is 6.89. The number of hydrogen-bond acceptors (Lipinski definition) is 5. The molecule has 0 heterocycles. The van der Waals surface area contributed by atoms with Gasteiger partial charge in [0.1, 0.15) is 0 Å². The van der Waals surface area contributed by atoms with Crippen molar-refractivity contribution in [3.05, 3.63) is 35.9 Å². The average Bonchev–Trinajstić information content (AvgIpc) is 2.55. The highest BCUT2D eigenvalue weighted by Crippen LogP contribution is 2.14. The molecule has 120 valence electrons. The van der Waals surface area contributed by atoms with Crippen LogP contribution in [0.1, 0.15) is 18.9 Å². The summed E-state index contributed by atoms with van der Waals surface area (Å²) in [6, 6.07) is 11.2. The minimum Gasteiger partial charge on any atom is -0.377 e. The molecular weight excluding hydrogens is 284 g/mol. The zero-order valence-electron chi connectivity index (χ0n) is 13.5. The van der Waals surface area contributed by atoms with Crippen LogP contribution in [0, 0.1) is 0 Å². The van der Waals surface area contributed by atoms with Gasteiger partial charge in [-0.2, -0.15) is 0 Å². The van der Waals surface area contributed by atoms with E-state index in [1.165, 1.54) is 5.56 Å². The molecule has 1 atom stereocenters. The van der Waals surface area contributed by atoms with Crippen LogP contribution in [0.25, 0.3) is 0 Å². The van der Waals surface area contributed by atoms with Gasteiger partial charge in [-0.15, -0.1) is 0 Å². The van der Waals surface area contributed by atoms with Crippen molar-refractivity contribution in [1.82, 2.24) is 10.6 Å². The first-order valence-corrected chi connectivity index (χ1v) is 9.25. The third-order valence-electron chi connectivity index (χ3n) is 3.50. The Morgan fingerprint density at radius 2 is 1.62 bits per heavy atom. The van der Waals surface area contributed by atoms with Gasteiger partial charge in [0.05, 0.1) is 6.17 Å². The van der Waals surface area contributed by atoms with Crippen LogP contribution in [0.15, 0.2) is 30.3 Å².